The Bertz CT molecular complexity index is 1400. The van der Waals surface area contributed by atoms with Crippen LogP contribution >= 0.6 is 0 Å². The molecule has 0 fully saturated rings. The van der Waals surface area contributed by atoms with E-state index in [4.69, 9.17) is 0 Å². The van der Waals surface area contributed by atoms with E-state index in [0.717, 1.165) is 34.9 Å². The number of carbonyl (C=O) groups is 1. The van der Waals surface area contributed by atoms with Crippen molar-refractivity contribution in [2.45, 2.75) is 19.5 Å². The molecule has 5 rings (SSSR count). The minimum atomic E-state index is -4.39. The summed E-state index contributed by atoms with van der Waals surface area (Å²) in [5.41, 5.74) is 8.63. The third-order valence-electron chi connectivity index (χ3n) is 6.20. The molecule has 0 radical (unpaired) electrons. The van der Waals surface area contributed by atoms with E-state index in [1.54, 1.807) is 29.3 Å². The lowest BCUT2D eigenvalue weighted by Crippen LogP contribution is -2.41. The maximum absolute atomic E-state index is 13.0. The molecule has 0 bridgehead atoms. The molecule has 0 saturated carbocycles. The Morgan fingerprint density at radius 2 is 1.27 bits per heavy atom. The van der Waals surface area contributed by atoms with Crippen LogP contribution in [0.3, 0.4) is 0 Å². The van der Waals surface area contributed by atoms with Crippen LogP contribution in [0.5, 0.6) is 0 Å². The second-order valence-electron chi connectivity index (χ2n) is 8.95. The molecular formula is C29H25F3N4O. The fourth-order valence-corrected chi connectivity index (χ4v) is 4.19. The number of hydrogen-bond acceptors (Lipinski definition) is 4. The summed E-state index contributed by atoms with van der Waals surface area (Å²) in [7, 11) is 0. The Hall–Kier alpha value is -4.46. The van der Waals surface area contributed by atoms with Gasteiger partial charge in [0.1, 0.15) is 0 Å². The number of carbonyl (C=O) groups excluding carboxylic acids is 1. The van der Waals surface area contributed by atoms with Crippen molar-refractivity contribution in [3.63, 3.8) is 0 Å². The monoisotopic (exact) mass is 502 g/mol. The zero-order valence-electron chi connectivity index (χ0n) is 20.1. The molecule has 8 heteroatoms. The molecule has 5 nitrogen and oxygen atoms in total. The number of halogens is 3. The summed E-state index contributed by atoms with van der Waals surface area (Å²) in [6, 6.07) is 26.7. The number of nitrogens with one attached hydrogen (secondary N) is 3. The second kappa shape index (κ2) is 9.89. The molecule has 1 heterocycles. The van der Waals surface area contributed by atoms with Gasteiger partial charge < -0.3 is 10.6 Å². The molecule has 0 saturated heterocycles. The van der Waals surface area contributed by atoms with Crippen LogP contribution in [0, 0.1) is 6.92 Å². The van der Waals surface area contributed by atoms with E-state index in [-0.39, 0.29) is 5.91 Å². The first-order chi connectivity index (χ1) is 17.7. The average molecular weight is 503 g/mol. The van der Waals surface area contributed by atoms with Crippen LogP contribution in [0.1, 0.15) is 27.0 Å². The molecule has 4 aromatic rings. The van der Waals surface area contributed by atoms with Crippen molar-refractivity contribution in [1.29, 1.82) is 0 Å². The van der Waals surface area contributed by atoms with Gasteiger partial charge in [0.05, 0.1) is 11.3 Å². The SMILES string of the molecule is Cc1ccc(Nc2ccc(Nc3ccc(C(=O)NN4CCc5cc(C(F)(F)F)ccc54)cc3)cc2)cc1. The second-order valence-corrected chi connectivity index (χ2v) is 8.95. The van der Waals surface area contributed by atoms with E-state index < -0.39 is 11.7 Å². The first-order valence-electron chi connectivity index (χ1n) is 11.8. The van der Waals surface area contributed by atoms with E-state index in [9.17, 15) is 18.0 Å². The Morgan fingerprint density at radius 1 is 0.757 bits per heavy atom. The summed E-state index contributed by atoms with van der Waals surface area (Å²) in [6.45, 7) is 2.46. The molecular weight excluding hydrogens is 477 g/mol. The quantitative estimate of drug-likeness (QED) is 0.261. The van der Waals surface area contributed by atoms with Gasteiger partial charge in [-0.15, -0.1) is 0 Å². The zero-order valence-corrected chi connectivity index (χ0v) is 20.1. The normalized spacial score (nSPS) is 12.7. The maximum atomic E-state index is 13.0. The van der Waals surface area contributed by atoms with Gasteiger partial charge in [-0.1, -0.05) is 17.7 Å². The third kappa shape index (κ3) is 5.69. The van der Waals surface area contributed by atoms with Gasteiger partial charge in [-0.25, -0.2) is 0 Å². The first kappa shape index (κ1) is 24.2. The minimum Gasteiger partial charge on any atom is -0.356 e. The highest BCUT2D eigenvalue weighted by Crippen LogP contribution is 2.35. The lowest BCUT2D eigenvalue weighted by molar-refractivity contribution is -0.137. The molecule has 1 aliphatic heterocycles. The number of fused-ring (bicyclic) bond motifs is 1. The smallest absolute Gasteiger partial charge is 0.356 e. The number of nitrogens with zero attached hydrogens (tertiary/aromatic N) is 1. The van der Waals surface area contributed by atoms with Crippen molar-refractivity contribution in [2.24, 2.45) is 0 Å². The summed E-state index contributed by atoms with van der Waals surface area (Å²) in [5, 5.41) is 8.26. The van der Waals surface area contributed by atoms with Gasteiger partial charge in [-0.3, -0.25) is 15.2 Å². The van der Waals surface area contributed by atoms with Gasteiger partial charge in [0.25, 0.3) is 5.91 Å². The van der Waals surface area contributed by atoms with Crippen LogP contribution in [0.2, 0.25) is 0 Å². The number of amides is 1. The number of anilines is 5. The van der Waals surface area contributed by atoms with Gasteiger partial charge >= 0.3 is 6.18 Å². The Kier molecular flexibility index (Phi) is 6.48. The molecule has 188 valence electrons. The molecule has 0 spiro atoms. The average Bonchev–Trinajstić information content (AvgIpc) is 3.28. The van der Waals surface area contributed by atoms with Gasteiger partial charge in [0, 0.05) is 34.9 Å². The van der Waals surface area contributed by atoms with Crippen molar-refractivity contribution < 1.29 is 18.0 Å². The molecule has 37 heavy (non-hydrogen) atoms. The van der Waals surface area contributed by atoms with Gasteiger partial charge in [0.2, 0.25) is 0 Å². The predicted molar refractivity (Wildman–Crippen MR) is 141 cm³/mol. The summed E-state index contributed by atoms with van der Waals surface area (Å²) < 4.78 is 38.9. The molecule has 1 aliphatic rings. The lowest BCUT2D eigenvalue weighted by atomic mass is 10.1. The van der Waals surface area contributed by atoms with Gasteiger partial charge in [-0.05, 0) is 97.8 Å². The van der Waals surface area contributed by atoms with Crippen LogP contribution in [0.4, 0.5) is 41.6 Å². The maximum Gasteiger partial charge on any atom is 0.416 e. The van der Waals surface area contributed by atoms with E-state index in [1.165, 1.54) is 11.6 Å². The predicted octanol–water partition coefficient (Wildman–Crippen LogP) is 7.21. The zero-order chi connectivity index (χ0) is 26.0. The standard InChI is InChI=1S/C29H25F3N4O/c1-19-2-7-23(8-3-19)33-25-11-13-26(14-12-25)34-24-9-4-20(5-10-24)28(37)35-36-17-16-21-18-22(29(30,31)32)6-15-27(21)36/h2-15,18,33-34H,16-17H2,1H3,(H,35,37). The lowest BCUT2D eigenvalue weighted by Gasteiger charge is -2.21. The van der Waals surface area contributed by atoms with Crippen LogP contribution in [0.15, 0.2) is 91.0 Å². The van der Waals surface area contributed by atoms with E-state index in [1.807, 2.05) is 36.4 Å². The molecule has 0 aliphatic carbocycles. The topological polar surface area (TPSA) is 56.4 Å². The molecule has 0 atom stereocenters. The van der Waals surface area contributed by atoms with E-state index in [0.29, 0.717) is 29.8 Å². The molecule has 4 aromatic carbocycles. The summed E-state index contributed by atoms with van der Waals surface area (Å²) in [4.78, 5) is 12.8. The van der Waals surface area contributed by atoms with E-state index in [2.05, 4.69) is 35.1 Å². The third-order valence-corrected chi connectivity index (χ3v) is 6.20. The van der Waals surface area contributed by atoms with Crippen molar-refractivity contribution in [1.82, 2.24) is 5.43 Å². The van der Waals surface area contributed by atoms with Crippen LogP contribution in [0.25, 0.3) is 0 Å². The fourth-order valence-electron chi connectivity index (χ4n) is 4.19. The summed E-state index contributed by atoms with van der Waals surface area (Å²) in [6.07, 6.45) is -3.95. The Balaban J connectivity index is 1.18. The van der Waals surface area contributed by atoms with Gasteiger partial charge in [0.15, 0.2) is 0 Å². The summed E-state index contributed by atoms with van der Waals surface area (Å²) in [5.74, 6) is -0.328. The highest BCUT2D eigenvalue weighted by Gasteiger charge is 2.32. The minimum absolute atomic E-state index is 0.328. The molecule has 0 aromatic heterocycles. The number of benzene rings is 4. The van der Waals surface area contributed by atoms with Crippen LogP contribution in [-0.2, 0) is 12.6 Å². The highest BCUT2D eigenvalue weighted by atomic mass is 19.4. The van der Waals surface area contributed by atoms with Crippen LogP contribution in [-0.4, -0.2) is 12.5 Å². The van der Waals surface area contributed by atoms with Crippen molar-refractivity contribution in [2.75, 3.05) is 22.2 Å². The van der Waals surface area contributed by atoms with Crippen molar-refractivity contribution >= 4 is 34.3 Å². The van der Waals surface area contributed by atoms with Crippen molar-refractivity contribution in [3.05, 3.63) is 113 Å². The molecule has 1 amide bonds. The highest BCUT2D eigenvalue weighted by molar-refractivity contribution is 5.95. The Labute approximate surface area is 212 Å². The number of rotatable bonds is 6. The van der Waals surface area contributed by atoms with Gasteiger partial charge in [-0.2, -0.15) is 13.2 Å². The fraction of sp³-hybridized carbons (Fsp3) is 0.138. The summed E-state index contributed by atoms with van der Waals surface area (Å²) >= 11 is 0. The van der Waals surface area contributed by atoms with E-state index >= 15 is 0 Å². The molecule has 3 N–H and O–H groups in total. The number of hydrazine groups is 1. The number of alkyl halides is 3. The van der Waals surface area contributed by atoms with Crippen molar-refractivity contribution in [3.8, 4) is 0 Å². The van der Waals surface area contributed by atoms with Crippen LogP contribution < -0.4 is 21.1 Å². The molecule has 0 unspecified atom stereocenters. The first-order valence-corrected chi connectivity index (χ1v) is 11.8. The largest absolute Gasteiger partial charge is 0.416 e. The number of aryl methyl sites for hydroxylation is 1. The number of hydrogen-bond donors (Lipinski definition) is 3. The Morgan fingerprint density at radius 3 is 1.81 bits per heavy atom.